The van der Waals surface area contributed by atoms with Crippen molar-refractivity contribution in [2.75, 3.05) is 5.33 Å². The summed E-state index contributed by atoms with van der Waals surface area (Å²) in [5, 5.41) is 1.08. The third-order valence-corrected chi connectivity index (χ3v) is 2.89. The molecule has 0 heterocycles. The molecule has 82 valence electrons. The van der Waals surface area contributed by atoms with Crippen LogP contribution in [0.25, 0.3) is 0 Å². The first kappa shape index (κ1) is 14.0. The van der Waals surface area contributed by atoms with Crippen LogP contribution in [0.15, 0.2) is 23.3 Å². The lowest BCUT2D eigenvalue weighted by atomic mass is 10.1. The van der Waals surface area contributed by atoms with E-state index in [0.717, 1.165) is 11.8 Å². The second kappa shape index (κ2) is 9.51. The first-order valence-corrected chi connectivity index (χ1v) is 6.70. The third-order valence-electron chi connectivity index (χ3n) is 2.43. The Labute approximate surface area is 97.6 Å². The van der Waals surface area contributed by atoms with Crippen LogP contribution in [-0.2, 0) is 0 Å². The second-order valence-electron chi connectivity index (χ2n) is 3.82. The molecule has 0 spiro atoms. The summed E-state index contributed by atoms with van der Waals surface area (Å²) in [6.45, 7) is 6.67. The summed E-state index contributed by atoms with van der Waals surface area (Å²) < 4.78 is 0. The Morgan fingerprint density at radius 3 is 2.29 bits per heavy atom. The lowest BCUT2D eigenvalue weighted by Gasteiger charge is -2.00. The van der Waals surface area contributed by atoms with E-state index in [2.05, 4.69) is 48.9 Å². The summed E-state index contributed by atoms with van der Waals surface area (Å²) in [6.07, 6.45) is 10.8. The molecule has 0 atom stereocenters. The molecule has 0 radical (unpaired) electrons. The van der Waals surface area contributed by atoms with E-state index in [1.807, 2.05) is 0 Å². The van der Waals surface area contributed by atoms with Crippen LogP contribution in [0.3, 0.4) is 0 Å². The molecule has 0 amide bonds. The molecule has 0 aliphatic carbocycles. The molecule has 14 heavy (non-hydrogen) atoms. The first-order chi connectivity index (χ1) is 6.70. The van der Waals surface area contributed by atoms with Crippen molar-refractivity contribution in [1.29, 1.82) is 0 Å². The van der Waals surface area contributed by atoms with E-state index in [-0.39, 0.29) is 0 Å². The van der Waals surface area contributed by atoms with Crippen LogP contribution < -0.4 is 0 Å². The molecular formula is C13H23Br. The van der Waals surface area contributed by atoms with Gasteiger partial charge in [0.2, 0.25) is 0 Å². The smallest absolute Gasteiger partial charge is 0.00660 e. The molecule has 0 unspecified atom stereocenters. The van der Waals surface area contributed by atoms with Crippen molar-refractivity contribution in [3.8, 4) is 0 Å². The summed E-state index contributed by atoms with van der Waals surface area (Å²) in [5.74, 6) is 0. The fourth-order valence-corrected chi connectivity index (χ4v) is 1.51. The van der Waals surface area contributed by atoms with Gasteiger partial charge in [0.05, 0.1) is 0 Å². The van der Waals surface area contributed by atoms with Gasteiger partial charge in [-0.05, 0) is 46.0 Å². The summed E-state index contributed by atoms with van der Waals surface area (Å²) in [7, 11) is 0. The maximum absolute atomic E-state index is 3.43. The van der Waals surface area contributed by atoms with Crippen LogP contribution in [0.1, 0.15) is 52.9 Å². The second-order valence-corrected chi connectivity index (χ2v) is 4.62. The summed E-state index contributed by atoms with van der Waals surface area (Å²) >= 11 is 3.43. The van der Waals surface area contributed by atoms with Crippen LogP contribution >= 0.6 is 15.9 Å². The van der Waals surface area contributed by atoms with E-state index in [1.165, 1.54) is 36.8 Å². The van der Waals surface area contributed by atoms with Gasteiger partial charge in [-0.15, -0.1) is 0 Å². The van der Waals surface area contributed by atoms with Gasteiger partial charge in [0.15, 0.2) is 0 Å². The molecule has 0 aromatic rings. The Morgan fingerprint density at radius 1 is 1.07 bits per heavy atom. The lowest BCUT2D eigenvalue weighted by molar-refractivity contribution is 0.820. The van der Waals surface area contributed by atoms with Crippen molar-refractivity contribution in [2.45, 2.75) is 52.9 Å². The highest BCUT2D eigenvalue weighted by molar-refractivity contribution is 9.09. The Hall–Kier alpha value is -0.0400. The Morgan fingerprint density at radius 2 is 1.71 bits per heavy atom. The number of alkyl halides is 1. The van der Waals surface area contributed by atoms with Gasteiger partial charge in [-0.2, -0.15) is 0 Å². The van der Waals surface area contributed by atoms with Crippen molar-refractivity contribution in [3.63, 3.8) is 0 Å². The molecule has 0 aromatic carbocycles. The van der Waals surface area contributed by atoms with Crippen molar-refractivity contribution in [3.05, 3.63) is 23.3 Å². The first-order valence-electron chi connectivity index (χ1n) is 5.58. The molecule has 0 aliphatic rings. The number of hydrogen-bond donors (Lipinski definition) is 0. The minimum absolute atomic E-state index is 1.08. The predicted octanol–water partition coefficient (Wildman–Crippen LogP) is 5.24. The molecule has 0 fully saturated rings. The van der Waals surface area contributed by atoms with Gasteiger partial charge in [0, 0.05) is 5.33 Å². The standard InChI is InChI=1S/C13H23Br/c1-4-12(2)8-5-6-9-13(3)10-7-11-14/h8,10H,4-7,9,11H2,1-3H3/b12-8+,13-10+. The molecule has 0 saturated heterocycles. The van der Waals surface area contributed by atoms with E-state index in [4.69, 9.17) is 0 Å². The minimum atomic E-state index is 1.08. The zero-order valence-electron chi connectivity index (χ0n) is 9.78. The van der Waals surface area contributed by atoms with E-state index in [9.17, 15) is 0 Å². The van der Waals surface area contributed by atoms with Gasteiger partial charge >= 0.3 is 0 Å². The van der Waals surface area contributed by atoms with Crippen LogP contribution in [0.2, 0.25) is 0 Å². The number of rotatable bonds is 7. The quantitative estimate of drug-likeness (QED) is 0.333. The number of unbranched alkanes of at least 4 members (excludes halogenated alkanes) is 1. The number of hydrogen-bond acceptors (Lipinski definition) is 0. The average molecular weight is 259 g/mol. The van der Waals surface area contributed by atoms with Crippen LogP contribution in [-0.4, -0.2) is 5.33 Å². The van der Waals surface area contributed by atoms with Gasteiger partial charge in [-0.3, -0.25) is 0 Å². The highest BCUT2D eigenvalue weighted by Crippen LogP contribution is 2.10. The maximum Gasteiger partial charge on any atom is 0.00660 e. The minimum Gasteiger partial charge on any atom is -0.0925 e. The normalized spacial score (nSPS) is 13.4. The van der Waals surface area contributed by atoms with Crippen LogP contribution in [0.5, 0.6) is 0 Å². The Kier molecular flexibility index (Phi) is 9.49. The zero-order valence-corrected chi connectivity index (χ0v) is 11.4. The van der Waals surface area contributed by atoms with Gasteiger partial charge in [0.1, 0.15) is 0 Å². The highest BCUT2D eigenvalue weighted by Gasteiger charge is 1.90. The Balaban J connectivity index is 3.54. The molecule has 0 bridgehead atoms. The van der Waals surface area contributed by atoms with Crippen LogP contribution in [0, 0.1) is 0 Å². The maximum atomic E-state index is 3.43. The largest absolute Gasteiger partial charge is 0.0925 e. The van der Waals surface area contributed by atoms with Gasteiger partial charge in [0.25, 0.3) is 0 Å². The topological polar surface area (TPSA) is 0 Å². The number of halogens is 1. The fourth-order valence-electron chi connectivity index (χ4n) is 1.28. The highest BCUT2D eigenvalue weighted by atomic mass is 79.9. The van der Waals surface area contributed by atoms with Gasteiger partial charge in [-0.1, -0.05) is 46.2 Å². The average Bonchev–Trinajstić information content (AvgIpc) is 2.21. The van der Waals surface area contributed by atoms with Crippen LogP contribution in [0.4, 0.5) is 0 Å². The summed E-state index contributed by atoms with van der Waals surface area (Å²) in [6, 6.07) is 0. The van der Waals surface area contributed by atoms with E-state index in [0.29, 0.717) is 0 Å². The lowest BCUT2D eigenvalue weighted by Crippen LogP contribution is -1.80. The molecule has 0 saturated carbocycles. The van der Waals surface area contributed by atoms with Crippen molar-refractivity contribution in [1.82, 2.24) is 0 Å². The van der Waals surface area contributed by atoms with Gasteiger partial charge < -0.3 is 0 Å². The van der Waals surface area contributed by atoms with Crippen molar-refractivity contribution < 1.29 is 0 Å². The molecule has 0 aliphatic heterocycles. The monoisotopic (exact) mass is 258 g/mol. The molecule has 1 heteroatoms. The van der Waals surface area contributed by atoms with E-state index >= 15 is 0 Å². The SMILES string of the molecule is CC/C(C)=C/CCC/C(C)=C/CCBr. The zero-order chi connectivity index (χ0) is 10.8. The molecular weight excluding hydrogens is 236 g/mol. The molecule has 0 aromatic heterocycles. The fraction of sp³-hybridized carbons (Fsp3) is 0.692. The number of allylic oxidation sites excluding steroid dienone is 4. The van der Waals surface area contributed by atoms with Gasteiger partial charge in [-0.25, -0.2) is 0 Å². The van der Waals surface area contributed by atoms with E-state index < -0.39 is 0 Å². The third kappa shape index (κ3) is 8.55. The molecule has 0 rings (SSSR count). The van der Waals surface area contributed by atoms with Crippen molar-refractivity contribution in [2.24, 2.45) is 0 Å². The summed E-state index contributed by atoms with van der Waals surface area (Å²) in [4.78, 5) is 0. The summed E-state index contributed by atoms with van der Waals surface area (Å²) in [5.41, 5.74) is 3.05. The molecule has 0 N–H and O–H groups in total. The van der Waals surface area contributed by atoms with Crippen molar-refractivity contribution >= 4 is 15.9 Å². The molecule has 0 nitrogen and oxygen atoms in total. The Bertz CT molecular complexity index is 189. The predicted molar refractivity (Wildman–Crippen MR) is 70.1 cm³/mol. The van der Waals surface area contributed by atoms with E-state index in [1.54, 1.807) is 0 Å².